The molecule has 0 saturated carbocycles. The van der Waals surface area contributed by atoms with E-state index in [2.05, 4.69) is 20.6 Å². The Labute approximate surface area is 148 Å². The fourth-order valence-corrected chi connectivity index (χ4v) is 3.37. The van der Waals surface area contributed by atoms with E-state index in [0.29, 0.717) is 18.5 Å². The summed E-state index contributed by atoms with van der Waals surface area (Å²) in [6.07, 6.45) is 4.05. The lowest BCUT2D eigenvalue weighted by Gasteiger charge is -2.07. The van der Waals surface area contributed by atoms with Crippen LogP contribution in [0.1, 0.15) is 21.6 Å². The summed E-state index contributed by atoms with van der Waals surface area (Å²) in [4.78, 5) is 15.7. The standard InChI is InChI=1S/C18H16ClN5O/c1-11-14(17-15(19)3-2-4-16(17)22-11)5-7-20-18(25)12-6-8-24-13(9-12)10-21-23-24/h2-4,6,8-10,22H,5,7H2,1H3,(H,20,25). The molecule has 0 fully saturated rings. The van der Waals surface area contributed by atoms with Crippen LogP contribution in [-0.4, -0.2) is 32.3 Å². The number of halogens is 1. The molecular formula is C18H16ClN5O. The number of amides is 1. The van der Waals surface area contributed by atoms with Crippen molar-refractivity contribution in [2.24, 2.45) is 0 Å². The van der Waals surface area contributed by atoms with Gasteiger partial charge in [-0.25, -0.2) is 4.52 Å². The van der Waals surface area contributed by atoms with E-state index < -0.39 is 0 Å². The van der Waals surface area contributed by atoms with Gasteiger partial charge in [0, 0.05) is 34.9 Å². The first-order valence-electron chi connectivity index (χ1n) is 7.97. The van der Waals surface area contributed by atoms with Crippen LogP contribution in [0, 0.1) is 6.92 Å². The average molecular weight is 354 g/mol. The van der Waals surface area contributed by atoms with Gasteiger partial charge in [-0.2, -0.15) is 0 Å². The molecule has 0 radical (unpaired) electrons. The number of nitrogens with one attached hydrogen (secondary N) is 2. The quantitative estimate of drug-likeness (QED) is 0.592. The summed E-state index contributed by atoms with van der Waals surface area (Å²) in [5, 5.41) is 12.4. The van der Waals surface area contributed by atoms with Gasteiger partial charge in [-0.1, -0.05) is 22.9 Å². The Morgan fingerprint density at radius 3 is 3.12 bits per heavy atom. The molecule has 0 saturated heterocycles. The second-order valence-electron chi connectivity index (χ2n) is 5.92. The summed E-state index contributed by atoms with van der Waals surface area (Å²) in [6.45, 7) is 2.55. The fourth-order valence-electron chi connectivity index (χ4n) is 3.09. The first-order chi connectivity index (χ1) is 12.1. The zero-order valence-electron chi connectivity index (χ0n) is 13.6. The van der Waals surface area contributed by atoms with E-state index in [-0.39, 0.29) is 5.91 Å². The first kappa shape index (κ1) is 15.7. The second kappa shape index (κ2) is 6.22. The van der Waals surface area contributed by atoms with Crippen LogP contribution in [0.4, 0.5) is 0 Å². The highest BCUT2D eigenvalue weighted by molar-refractivity contribution is 6.35. The van der Waals surface area contributed by atoms with Gasteiger partial charge in [0.15, 0.2) is 0 Å². The molecule has 25 heavy (non-hydrogen) atoms. The van der Waals surface area contributed by atoms with Crippen LogP contribution in [0.5, 0.6) is 0 Å². The first-order valence-corrected chi connectivity index (χ1v) is 8.35. The average Bonchev–Trinajstić information content (AvgIpc) is 3.19. The number of rotatable bonds is 4. The third kappa shape index (κ3) is 2.85. The van der Waals surface area contributed by atoms with E-state index in [0.717, 1.165) is 32.7 Å². The summed E-state index contributed by atoms with van der Waals surface area (Å²) < 4.78 is 1.62. The summed E-state index contributed by atoms with van der Waals surface area (Å²) in [6, 6.07) is 9.31. The minimum absolute atomic E-state index is 0.118. The minimum atomic E-state index is -0.118. The highest BCUT2D eigenvalue weighted by Crippen LogP contribution is 2.29. The zero-order valence-corrected chi connectivity index (χ0v) is 14.3. The topological polar surface area (TPSA) is 75.1 Å². The van der Waals surface area contributed by atoms with Crippen LogP contribution in [0.3, 0.4) is 0 Å². The summed E-state index contributed by atoms with van der Waals surface area (Å²) in [7, 11) is 0. The molecule has 126 valence electrons. The van der Waals surface area contributed by atoms with Gasteiger partial charge < -0.3 is 10.3 Å². The van der Waals surface area contributed by atoms with Gasteiger partial charge in [0.2, 0.25) is 0 Å². The largest absolute Gasteiger partial charge is 0.358 e. The molecule has 0 bridgehead atoms. The van der Waals surface area contributed by atoms with Crippen LogP contribution in [0.25, 0.3) is 16.4 Å². The zero-order chi connectivity index (χ0) is 17.4. The molecule has 0 unspecified atom stereocenters. The van der Waals surface area contributed by atoms with E-state index in [1.807, 2.05) is 25.1 Å². The van der Waals surface area contributed by atoms with Crippen molar-refractivity contribution >= 4 is 33.9 Å². The minimum Gasteiger partial charge on any atom is -0.358 e. The molecule has 3 aromatic heterocycles. The molecule has 1 amide bonds. The van der Waals surface area contributed by atoms with E-state index in [9.17, 15) is 4.79 Å². The van der Waals surface area contributed by atoms with E-state index >= 15 is 0 Å². The molecule has 7 heteroatoms. The van der Waals surface area contributed by atoms with Crippen molar-refractivity contribution in [3.05, 3.63) is 64.6 Å². The third-order valence-corrected chi connectivity index (χ3v) is 4.63. The molecule has 0 aliphatic carbocycles. The van der Waals surface area contributed by atoms with Crippen molar-refractivity contribution in [1.82, 2.24) is 25.1 Å². The number of aromatic nitrogens is 4. The highest BCUT2D eigenvalue weighted by atomic mass is 35.5. The van der Waals surface area contributed by atoms with Gasteiger partial charge >= 0.3 is 0 Å². The summed E-state index contributed by atoms with van der Waals surface area (Å²) in [5.74, 6) is -0.118. The molecule has 0 spiro atoms. The summed E-state index contributed by atoms with van der Waals surface area (Å²) in [5.41, 5.74) is 4.60. The van der Waals surface area contributed by atoms with Gasteiger partial charge in [0.1, 0.15) is 0 Å². The van der Waals surface area contributed by atoms with Crippen molar-refractivity contribution in [1.29, 1.82) is 0 Å². The Morgan fingerprint density at radius 2 is 2.24 bits per heavy atom. The van der Waals surface area contributed by atoms with Gasteiger partial charge in [-0.3, -0.25) is 4.79 Å². The molecular weight excluding hydrogens is 338 g/mol. The van der Waals surface area contributed by atoms with Gasteiger partial charge in [-0.05, 0) is 43.2 Å². The van der Waals surface area contributed by atoms with Gasteiger partial charge in [0.05, 0.1) is 16.7 Å². The van der Waals surface area contributed by atoms with Gasteiger partial charge in [0.25, 0.3) is 5.91 Å². The molecule has 4 aromatic rings. The lowest BCUT2D eigenvalue weighted by Crippen LogP contribution is -2.25. The van der Waals surface area contributed by atoms with Crippen molar-refractivity contribution in [2.45, 2.75) is 13.3 Å². The van der Waals surface area contributed by atoms with E-state index in [1.165, 1.54) is 0 Å². The predicted octanol–water partition coefficient (Wildman–Crippen LogP) is 3.14. The number of carbonyl (C=O) groups is 1. The maximum atomic E-state index is 12.4. The normalized spacial score (nSPS) is 11.3. The van der Waals surface area contributed by atoms with Crippen molar-refractivity contribution < 1.29 is 4.79 Å². The smallest absolute Gasteiger partial charge is 0.251 e. The fraction of sp³-hybridized carbons (Fsp3) is 0.167. The Bertz CT molecular complexity index is 1080. The predicted molar refractivity (Wildman–Crippen MR) is 97.1 cm³/mol. The number of pyridine rings is 1. The molecule has 0 aliphatic heterocycles. The lowest BCUT2D eigenvalue weighted by atomic mass is 10.1. The summed E-state index contributed by atoms with van der Waals surface area (Å²) >= 11 is 6.34. The molecule has 3 heterocycles. The number of aromatic amines is 1. The maximum Gasteiger partial charge on any atom is 0.251 e. The van der Waals surface area contributed by atoms with Crippen LogP contribution in [0.2, 0.25) is 5.02 Å². The highest BCUT2D eigenvalue weighted by Gasteiger charge is 2.12. The molecule has 0 atom stereocenters. The van der Waals surface area contributed by atoms with Crippen molar-refractivity contribution in [2.75, 3.05) is 6.54 Å². The number of fused-ring (bicyclic) bond motifs is 2. The van der Waals surface area contributed by atoms with Gasteiger partial charge in [-0.15, -0.1) is 5.10 Å². The molecule has 1 aromatic carbocycles. The van der Waals surface area contributed by atoms with Crippen LogP contribution in [-0.2, 0) is 6.42 Å². The Hall–Kier alpha value is -2.86. The number of aryl methyl sites for hydroxylation is 1. The lowest BCUT2D eigenvalue weighted by molar-refractivity contribution is 0.0954. The molecule has 0 aliphatic rings. The molecule has 2 N–H and O–H groups in total. The third-order valence-electron chi connectivity index (χ3n) is 4.31. The Balaban J connectivity index is 1.49. The number of H-pyrrole nitrogens is 1. The van der Waals surface area contributed by atoms with Crippen molar-refractivity contribution in [3.8, 4) is 0 Å². The maximum absolute atomic E-state index is 12.4. The number of hydrogen-bond donors (Lipinski definition) is 2. The van der Waals surface area contributed by atoms with E-state index in [4.69, 9.17) is 11.6 Å². The Morgan fingerprint density at radius 1 is 1.36 bits per heavy atom. The van der Waals surface area contributed by atoms with E-state index in [1.54, 1.807) is 29.0 Å². The number of hydrogen-bond acceptors (Lipinski definition) is 3. The Kier molecular flexibility index (Phi) is 3.89. The second-order valence-corrected chi connectivity index (χ2v) is 6.32. The SMILES string of the molecule is Cc1[nH]c2cccc(Cl)c2c1CCNC(=O)c1ccn2nncc2c1. The molecule has 6 nitrogen and oxygen atoms in total. The van der Waals surface area contributed by atoms with Crippen LogP contribution >= 0.6 is 11.6 Å². The number of nitrogens with zero attached hydrogens (tertiary/aromatic N) is 3. The molecule has 4 rings (SSSR count). The van der Waals surface area contributed by atoms with Crippen LogP contribution in [0.15, 0.2) is 42.7 Å². The van der Waals surface area contributed by atoms with Crippen molar-refractivity contribution in [3.63, 3.8) is 0 Å². The monoisotopic (exact) mass is 353 g/mol. The van der Waals surface area contributed by atoms with Crippen LogP contribution < -0.4 is 5.32 Å². The number of carbonyl (C=O) groups excluding carboxylic acids is 1. The number of benzene rings is 1.